The Morgan fingerprint density at radius 3 is 2.89 bits per heavy atom. The van der Waals surface area contributed by atoms with Crippen molar-refractivity contribution >= 4 is 40.1 Å². The lowest BCUT2D eigenvalue weighted by molar-refractivity contribution is 0.525. The standard InChI is InChI=1S/C19H22ClN7/c1-26(2)18-9-17(22-12-23-18)24-14-4-3-7-27(11-14)19-10-21-16-8-13(20)5-6-15(16)25-19/h5-6,8-10,12,14H,3-4,7,11H2,1-2H3,(H,22,23,24). The molecule has 1 N–H and O–H groups in total. The molecule has 3 heterocycles. The monoisotopic (exact) mass is 383 g/mol. The maximum atomic E-state index is 6.03. The SMILES string of the molecule is CN(C)c1cc(NC2CCCN(c3cnc4cc(Cl)ccc4n3)C2)ncn1. The van der Waals surface area contributed by atoms with Crippen LogP contribution in [0.3, 0.4) is 0 Å². The molecule has 1 aromatic carbocycles. The number of piperidine rings is 1. The molecular weight excluding hydrogens is 362 g/mol. The van der Waals surface area contributed by atoms with Crippen molar-refractivity contribution in [2.45, 2.75) is 18.9 Å². The highest BCUT2D eigenvalue weighted by atomic mass is 35.5. The van der Waals surface area contributed by atoms with Gasteiger partial charge in [0.2, 0.25) is 0 Å². The average molecular weight is 384 g/mol. The lowest BCUT2D eigenvalue weighted by Gasteiger charge is -2.34. The highest BCUT2D eigenvalue weighted by molar-refractivity contribution is 6.31. The normalized spacial score (nSPS) is 17.1. The Labute approximate surface area is 163 Å². The Morgan fingerprint density at radius 1 is 1.15 bits per heavy atom. The first-order valence-electron chi connectivity index (χ1n) is 9.01. The maximum absolute atomic E-state index is 6.03. The lowest BCUT2D eigenvalue weighted by Crippen LogP contribution is -2.42. The Bertz CT molecular complexity index is 946. The van der Waals surface area contributed by atoms with Crippen molar-refractivity contribution in [2.75, 3.05) is 42.3 Å². The van der Waals surface area contributed by atoms with E-state index in [1.807, 2.05) is 49.5 Å². The number of fused-ring (bicyclic) bond motifs is 1. The fourth-order valence-electron chi connectivity index (χ4n) is 3.31. The Hall–Kier alpha value is -2.67. The zero-order chi connectivity index (χ0) is 18.8. The van der Waals surface area contributed by atoms with Crippen molar-refractivity contribution in [1.82, 2.24) is 19.9 Å². The van der Waals surface area contributed by atoms with Crippen LogP contribution in [0.25, 0.3) is 11.0 Å². The molecule has 0 amide bonds. The van der Waals surface area contributed by atoms with Gasteiger partial charge in [0, 0.05) is 44.3 Å². The first-order valence-corrected chi connectivity index (χ1v) is 9.39. The fourth-order valence-corrected chi connectivity index (χ4v) is 3.48. The summed E-state index contributed by atoms with van der Waals surface area (Å²) in [5, 5.41) is 4.21. The summed E-state index contributed by atoms with van der Waals surface area (Å²) >= 11 is 6.03. The number of nitrogens with zero attached hydrogens (tertiary/aromatic N) is 6. The smallest absolute Gasteiger partial charge is 0.147 e. The van der Waals surface area contributed by atoms with Crippen LogP contribution in [0.5, 0.6) is 0 Å². The van der Waals surface area contributed by atoms with E-state index in [4.69, 9.17) is 16.6 Å². The second kappa shape index (κ2) is 7.52. The minimum Gasteiger partial charge on any atom is -0.365 e. The van der Waals surface area contributed by atoms with E-state index in [0.717, 1.165) is 54.4 Å². The molecule has 1 aliphatic heterocycles. The molecular formula is C19H22ClN7. The third kappa shape index (κ3) is 4.03. The van der Waals surface area contributed by atoms with E-state index >= 15 is 0 Å². The maximum Gasteiger partial charge on any atom is 0.147 e. The minimum atomic E-state index is 0.298. The average Bonchev–Trinajstić information content (AvgIpc) is 2.68. The summed E-state index contributed by atoms with van der Waals surface area (Å²) in [5.74, 6) is 2.63. The van der Waals surface area contributed by atoms with Crippen molar-refractivity contribution in [3.8, 4) is 0 Å². The molecule has 2 aromatic heterocycles. The molecule has 0 radical (unpaired) electrons. The summed E-state index contributed by atoms with van der Waals surface area (Å²) in [7, 11) is 3.94. The number of benzene rings is 1. The van der Waals surface area contributed by atoms with Crippen LogP contribution in [0.15, 0.2) is 36.8 Å². The molecule has 7 nitrogen and oxygen atoms in total. The predicted octanol–water partition coefficient (Wildman–Crippen LogP) is 3.22. The quantitative estimate of drug-likeness (QED) is 0.741. The molecule has 4 rings (SSSR count). The largest absolute Gasteiger partial charge is 0.365 e. The highest BCUT2D eigenvalue weighted by Gasteiger charge is 2.22. The summed E-state index contributed by atoms with van der Waals surface area (Å²) in [6.07, 6.45) is 5.60. The van der Waals surface area contributed by atoms with E-state index in [9.17, 15) is 0 Å². The Kier molecular flexibility index (Phi) is 4.94. The molecule has 1 aliphatic rings. The highest BCUT2D eigenvalue weighted by Crippen LogP contribution is 2.23. The van der Waals surface area contributed by atoms with Crippen LogP contribution in [-0.4, -0.2) is 53.2 Å². The van der Waals surface area contributed by atoms with Gasteiger partial charge in [-0.05, 0) is 31.0 Å². The number of anilines is 3. The summed E-state index contributed by atoms with van der Waals surface area (Å²) in [6, 6.07) is 7.87. The number of hydrogen-bond acceptors (Lipinski definition) is 7. The third-order valence-electron chi connectivity index (χ3n) is 4.70. The first-order chi connectivity index (χ1) is 13.1. The first kappa shape index (κ1) is 17.7. The van der Waals surface area contributed by atoms with E-state index in [1.165, 1.54) is 0 Å². The van der Waals surface area contributed by atoms with Gasteiger partial charge >= 0.3 is 0 Å². The van der Waals surface area contributed by atoms with Gasteiger partial charge in [-0.15, -0.1) is 0 Å². The zero-order valence-electron chi connectivity index (χ0n) is 15.4. The second-order valence-electron chi connectivity index (χ2n) is 6.95. The van der Waals surface area contributed by atoms with E-state index < -0.39 is 0 Å². The fraction of sp³-hybridized carbons (Fsp3) is 0.368. The van der Waals surface area contributed by atoms with E-state index in [-0.39, 0.29) is 0 Å². The van der Waals surface area contributed by atoms with Gasteiger partial charge in [-0.25, -0.2) is 15.0 Å². The van der Waals surface area contributed by atoms with Crippen molar-refractivity contribution in [3.05, 3.63) is 41.8 Å². The lowest BCUT2D eigenvalue weighted by atomic mass is 10.1. The molecule has 1 fully saturated rings. The summed E-state index contributed by atoms with van der Waals surface area (Å²) in [4.78, 5) is 22.2. The predicted molar refractivity (Wildman–Crippen MR) is 110 cm³/mol. The van der Waals surface area contributed by atoms with Gasteiger partial charge in [-0.1, -0.05) is 11.6 Å². The van der Waals surface area contributed by atoms with Gasteiger partial charge in [0.05, 0.1) is 17.2 Å². The van der Waals surface area contributed by atoms with E-state index in [2.05, 4.69) is 25.2 Å². The minimum absolute atomic E-state index is 0.298. The van der Waals surface area contributed by atoms with Gasteiger partial charge in [-0.3, -0.25) is 4.98 Å². The van der Waals surface area contributed by atoms with E-state index in [1.54, 1.807) is 6.33 Å². The molecule has 3 aromatic rings. The number of hydrogen-bond donors (Lipinski definition) is 1. The number of aromatic nitrogens is 4. The van der Waals surface area contributed by atoms with Crippen LogP contribution in [0.2, 0.25) is 5.02 Å². The van der Waals surface area contributed by atoms with Crippen molar-refractivity contribution in [3.63, 3.8) is 0 Å². The van der Waals surface area contributed by atoms with Crippen LogP contribution in [0.1, 0.15) is 12.8 Å². The molecule has 8 heteroatoms. The number of rotatable bonds is 4. The molecule has 1 unspecified atom stereocenters. The second-order valence-corrected chi connectivity index (χ2v) is 7.38. The summed E-state index contributed by atoms with van der Waals surface area (Å²) < 4.78 is 0. The van der Waals surface area contributed by atoms with Crippen LogP contribution in [-0.2, 0) is 0 Å². The van der Waals surface area contributed by atoms with Gasteiger partial charge in [-0.2, -0.15) is 0 Å². The number of nitrogens with one attached hydrogen (secondary N) is 1. The molecule has 0 saturated carbocycles. The Morgan fingerprint density at radius 2 is 2.04 bits per heavy atom. The van der Waals surface area contributed by atoms with Crippen LogP contribution in [0, 0.1) is 0 Å². The van der Waals surface area contributed by atoms with Crippen LogP contribution < -0.4 is 15.1 Å². The molecule has 1 saturated heterocycles. The molecule has 0 bridgehead atoms. The van der Waals surface area contributed by atoms with Gasteiger partial charge < -0.3 is 15.1 Å². The van der Waals surface area contributed by atoms with Crippen LogP contribution >= 0.6 is 11.6 Å². The van der Waals surface area contributed by atoms with E-state index in [0.29, 0.717) is 11.1 Å². The topological polar surface area (TPSA) is 70.1 Å². The summed E-state index contributed by atoms with van der Waals surface area (Å²) in [6.45, 7) is 1.83. The molecule has 140 valence electrons. The molecule has 27 heavy (non-hydrogen) atoms. The van der Waals surface area contributed by atoms with Gasteiger partial charge in [0.15, 0.2) is 0 Å². The third-order valence-corrected chi connectivity index (χ3v) is 4.93. The molecule has 0 spiro atoms. The van der Waals surface area contributed by atoms with Crippen molar-refractivity contribution in [1.29, 1.82) is 0 Å². The molecule has 0 aliphatic carbocycles. The van der Waals surface area contributed by atoms with Crippen molar-refractivity contribution < 1.29 is 0 Å². The van der Waals surface area contributed by atoms with Gasteiger partial charge in [0.25, 0.3) is 0 Å². The van der Waals surface area contributed by atoms with Gasteiger partial charge in [0.1, 0.15) is 23.8 Å². The van der Waals surface area contributed by atoms with Crippen LogP contribution in [0.4, 0.5) is 17.5 Å². The zero-order valence-corrected chi connectivity index (χ0v) is 16.2. The molecule has 1 atom stereocenters. The summed E-state index contributed by atoms with van der Waals surface area (Å²) in [5.41, 5.74) is 1.67. The Balaban J connectivity index is 1.49. The number of halogens is 1. The van der Waals surface area contributed by atoms with Crippen molar-refractivity contribution in [2.24, 2.45) is 0 Å².